The maximum atomic E-state index is 11.6. The maximum absolute atomic E-state index is 11.6. The molecule has 2 rings (SSSR count). The number of aliphatic carboxylic acids is 1. The van der Waals surface area contributed by atoms with E-state index in [1.54, 1.807) is 42.5 Å². The molecular formula is C16H15ClO4. The number of phenols is 1. The minimum atomic E-state index is -0.973. The van der Waals surface area contributed by atoms with Crippen molar-refractivity contribution in [3.63, 3.8) is 0 Å². The summed E-state index contributed by atoms with van der Waals surface area (Å²) in [6.45, 7) is 0. The molecular weight excluding hydrogens is 292 g/mol. The van der Waals surface area contributed by atoms with Crippen LogP contribution in [0.25, 0.3) is 0 Å². The van der Waals surface area contributed by atoms with Crippen molar-refractivity contribution in [1.82, 2.24) is 0 Å². The zero-order chi connectivity index (χ0) is 15.4. The van der Waals surface area contributed by atoms with E-state index in [-0.39, 0.29) is 12.2 Å². The number of phenolic OH excluding ortho intramolecular Hbond substituents is 1. The van der Waals surface area contributed by atoms with E-state index in [0.717, 1.165) is 5.56 Å². The molecule has 0 spiro atoms. The van der Waals surface area contributed by atoms with Crippen LogP contribution in [-0.2, 0) is 11.2 Å². The van der Waals surface area contributed by atoms with Gasteiger partial charge in [-0.3, -0.25) is 4.79 Å². The van der Waals surface area contributed by atoms with Crippen molar-refractivity contribution in [1.29, 1.82) is 0 Å². The van der Waals surface area contributed by atoms with Crippen molar-refractivity contribution >= 4 is 17.6 Å². The van der Waals surface area contributed by atoms with Gasteiger partial charge in [0.15, 0.2) is 0 Å². The van der Waals surface area contributed by atoms with Gasteiger partial charge >= 0.3 is 5.97 Å². The summed E-state index contributed by atoms with van der Waals surface area (Å²) in [6.07, 6.45) is 0.237. The summed E-state index contributed by atoms with van der Waals surface area (Å²) in [5, 5.41) is 19.4. The van der Waals surface area contributed by atoms with Gasteiger partial charge in [-0.1, -0.05) is 23.7 Å². The van der Waals surface area contributed by atoms with E-state index in [0.29, 0.717) is 16.3 Å². The third kappa shape index (κ3) is 3.67. The molecule has 1 atom stereocenters. The van der Waals surface area contributed by atoms with Crippen molar-refractivity contribution < 1.29 is 19.7 Å². The Hall–Kier alpha value is -2.20. The average molecular weight is 307 g/mol. The zero-order valence-electron chi connectivity index (χ0n) is 11.4. The van der Waals surface area contributed by atoms with E-state index in [2.05, 4.69) is 0 Å². The van der Waals surface area contributed by atoms with Gasteiger partial charge in [0.25, 0.3) is 0 Å². The highest BCUT2D eigenvalue weighted by Crippen LogP contribution is 2.32. The van der Waals surface area contributed by atoms with Crippen molar-refractivity contribution in [2.45, 2.75) is 12.3 Å². The second-order valence-corrected chi connectivity index (χ2v) is 5.09. The lowest BCUT2D eigenvalue weighted by Crippen LogP contribution is -2.15. The van der Waals surface area contributed by atoms with Crippen LogP contribution in [0.3, 0.4) is 0 Å². The SMILES string of the molecule is COc1ccc(Cl)cc1C(Cc1cccc(O)c1)C(=O)O. The summed E-state index contributed by atoms with van der Waals surface area (Å²) in [7, 11) is 1.49. The number of aromatic hydroxyl groups is 1. The van der Waals surface area contributed by atoms with Crippen LogP contribution in [0.15, 0.2) is 42.5 Å². The zero-order valence-corrected chi connectivity index (χ0v) is 12.2. The Kier molecular flexibility index (Phi) is 4.70. The molecule has 0 aliphatic heterocycles. The second-order valence-electron chi connectivity index (χ2n) is 4.65. The first-order valence-electron chi connectivity index (χ1n) is 6.35. The molecule has 0 bridgehead atoms. The summed E-state index contributed by atoms with van der Waals surface area (Å²) >= 11 is 5.96. The number of carboxylic acids is 1. The van der Waals surface area contributed by atoms with Crippen LogP contribution in [-0.4, -0.2) is 23.3 Å². The number of carbonyl (C=O) groups is 1. The molecule has 0 aromatic heterocycles. The van der Waals surface area contributed by atoms with E-state index in [1.165, 1.54) is 7.11 Å². The average Bonchev–Trinajstić information content (AvgIpc) is 2.44. The standard InChI is InChI=1S/C16H15ClO4/c1-21-15-6-5-11(17)9-13(15)14(16(19)20)8-10-3-2-4-12(18)7-10/h2-7,9,14,18H,8H2,1H3,(H,19,20). The van der Waals surface area contributed by atoms with Crippen LogP contribution in [0.5, 0.6) is 11.5 Å². The van der Waals surface area contributed by atoms with Gasteiger partial charge in [-0.05, 0) is 42.3 Å². The molecule has 0 aliphatic carbocycles. The molecule has 21 heavy (non-hydrogen) atoms. The van der Waals surface area contributed by atoms with Crippen LogP contribution in [0.4, 0.5) is 0 Å². The van der Waals surface area contributed by atoms with Gasteiger partial charge in [0.2, 0.25) is 0 Å². The lowest BCUT2D eigenvalue weighted by molar-refractivity contribution is -0.138. The molecule has 2 aromatic carbocycles. The van der Waals surface area contributed by atoms with E-state index >= 15 is 0 Å². The summed E-state index contributed by atoms with van der Waals surface area (Å²) in [5.41, 5.74) is 1.24. The lowest BCUT2D eigenvalue weighted by atomic mass is 9.91. The Morgan fingerprint density at radius 3 is 2.67 bits per heavy atom. The number of benzene rings is 2. The number of hydrogen-bond acceptors (Lipinski definition) is 3. The summed E-state index contributed by atoms with van der Waals surface area (Å²) in [4.78, 5) is 11.6. The molecule has 2 N–H and O–H groups in total. The van der Waals surface area contributed by atoms with Gasteiger partial charge in [-0.15, -0.1) is 0 Å². The van der Waals surface area contributed by atoms with Crippen LogP contribution >= 0.6 is 11.6 Å². The third-order valence-electron chi connectivity index (χ3n) is 3.22. The highest BCUT2D eigenvalue weighted by atomic mass is 35.5. The molecule has 0 heterocycles. The predicted molar refractivity (Wildman–Crippen MR) is 80.2 cm³/mol. The Morgan fingerprint density at radius 2 is 2.05 bits per heavy atom. The molecule has 0 fully saturated rings. The summed E-state index contributed by atoms with van der Waals surface area (Å²) in [5.74, 6) is -1.19. The quantitative estimate of drug-likeness (QED) is 0.887. The number of carboxylic acid groups (broad SMARTS) is 1. The first-order chi connectivity index (χ1) is 10.0. The second kappa shape index (κ2) is 6.50. The van der Waals surface area contributed by atoms with Crippen LogP contribution in [0.2, 0.25) is 5.02 Å². The number of hydrogen-bond donors (Lipinski definition) is 2. The largest absolute Gasteiger partial charge is 0.508 e. The van der Waals surface area contributed by atoms with E-state index in [4.69, 9.17) is 16.3 Å². The van der Waals surface area contributed by atoms with Crippen molar-refractivity contribution in [2.75, 3.05) is 7.11 Å². The van der Waals surface area contributed by atoms with Gasteiger partial charge in [-0.2, -0.15) is 0 Å². The van der Waals surface area contributed by atoms with Gasteiger partial charge < -0.3 is 14.9 Å². The number of methoxy groups -OCH3 is 1. The molecule has 110 valence electrons. The molecule has 0 amide bonds. The van der Waals surface area contributed by atoms with Gasteiger partial charge in [0, 0.05) is 10.6 Å². The summed E-state index contributed by atoms with van der Waals surface area (Å²) < 4.78 is 5.22. The van der Waals surface area contributed by atoms with Crippen molar-refractivity contribution in [2.24, 2.45) is 0 Å². The van der Waals surface area contributed by atoms with Gasteiger partial charge in [0.05, 0.1) is 13.0 Å². The fourth-order valence-corrected chi connectivity index (χ4v) is 2.41. The first kappa shape index (κ1) is 15.2. The minimum absolute atomic E-state index is 0.106. The molecule has 0 aliphatic rings. The smallest absolute Gasteiger partial charge is 0.311 e. The number of rotatable bonds is 5. The fraction of sp³-hybridized carbons (Fsp3) is 0.188. The summed E-state index contributed by atoms with van der Waals surface area (Å²) in [6, 6.07) is 11.4. The van der Waals surface area contributed by atoms with Crippen molar-refractivity contribution in [3.8, 4) is 11.5 Å². The highest BCUT2D eigenvalue weighted by Gasteiger charge is 2.24. The monoisotopic (exact) mass is 306 g/mol. The molecule has 0 radical (unpaired) electrons. The lowest BCUT2D eigenvalue weighted by Gasteiger charge is -2.16. The molecule has 1 unspecified atom stereocenters. The van der Waals surface area contributed by atoms with Crippen LogP contribution in [0.1, 0.15) is 17.0 Å². The fourth-order valence-electron chi connectivity index (χ4n) is 2.23. The predicted octanol–water partition coefficient (Wildman–Crippen LogP) is 3.47. The van der Waals surface area contributed by atoms with Crippen LogP contribution < -0.4 is 4.74 Å². The Balaban J connectivity index is 2.40. The van der Waals surface area contributed by atoms with Gasteiger partial charge in [0.1, 0.15) is 11.5 Å². The van der Waals surface area contributed by atoms with Gasteiger partial charge in [-0.25, -0.2) is 0 Å². The minimum Gasteiger partial charge on any atom is -0.508 e. The number of ether oxygens (including phenoxy) is 1. The molecule has 4 nitrogen and oxygen atoms in total. The van der Waals surface area contributed by atoms with E-state index in [1.807, 2.05) is 0 Å². The van der Waals surface area contributed by atoms with E-state index in [9.17, 15) is 15.0 Å². The first-order valence-corrected chi connectivity index (χ1v) is 6.73. The van der Waals surface area contributed by atoms with Crippen molar-refractivity contribution in [3.05, 3.63) is 58.6 Å². The molecule has 5 heteroatoms. The number of halogens is 1. The van der Waals surface area contributed by atoms with Crippen LogP contribution in [0, 0.1) is 0 Å². The maximum Gasteiger partial charge on any atom is 0.311 e. The molecule has 0 saturated carbocycles. The normalized spacial score (nSPS) is 11.9. The third-order valence-corrected chi connectivity index (χ3v) is 3.45. The Labute approximate surface area is 127 Å². The topological polar surface area (TPSA) is 66.8 Å². The Morgan fingerprint density at radius 1 is 1.29 bits per heavy atom. The molecule has 2 aromatic rings. The molecule has 0 saturated heterocycles. The highest BCUT2D eigenvalue weighted by molar-refractivity contribution is 6.30. The Bertz CT molecular complexity index is 654. The van der Waals surface area contributed by atoms with E-state index < -0.39 is 11.9 Å².